The van der Waals surface area contributed by atoms with Gasteiger partial charge in [-0.25, -0.2) is 5.90 Å². The second kappa shape index (κ2) is 3.20. The fourth-order valence-corrected chi connectivity index (χ4v) is 1.63. The van der Waals surface area contributed by atoms with E-state index in [1.165, 1.54) is 10.9 Å². The number of benzene rings is 1. The quantitative estimate of drug-likeness (QED) is 0.705. The molecule has 0 saturated carbocycles. The largest absolute Gasteiger partial charge is 0.350 e. The van der Waals surface area contributed by atoms with Gasteiger partial charge in [0, 0.05) is 29.7 Å². The molecule has 0 bridgehead atoms. The summed E-state index contributed by atoms with van der Waals surface area (Å²) in [5.41, 5.74) is 2.33. The molecule has 3 heteroatoms. The van der Waals surface area contributed by atoms with Crippen LogP contribution in [0.25, 0.3) is 10.9 Å². The minimum absolute atomic E-state index is 0.460. The van der Waals surface area contributed by atoms with E-state index in [-0.39, 0.29) is 0 Å². The Morgan fingerprint density at radius 3 is 2.92 bits per heavy atom. The zero-order chi connectivity index (χ0) is 9.26. The minimum Gasteiger partial charge on any atom is -0.350 e. The number of rotatable bonds is 2. The molecule has 3 nitrogen and oxygen atoms in total. The third kappa shape index (κ3) is 1.32. The molecule has 0 saturated heterocycles. The Morgan fingerprint density at radius 1 is 1.38 bits per heavy atom. The van der Waals surface area contributed by atoms with Crippen molar-refractivity contribution in [2.45, 2.75) is 6.61 Å². The number of para-hydroxylation sites is 1. The van der Waals surface area contributed by atoms with Crippen LogP contribution in [-0.4, -0.2) is 4.57 Å². The van der Waals surface area contributed by atoms with Gasteiger partial charge >= 0.3 is 0 Å². The number of hydrogen-bond acceptors (Lipinski definition) is 2. The zero-order valence-corrected chi connectivity index (χ0v) is 7.53. The maximum atomic E-state index is 5.05. The number of nitrogens with zero attached hydrogens (tertiary/aromatic N) is 1. The van der Waals surface area contributed by atoms with Crippen LogP contribution in [0.3, 0.4) is 0 Å². The van der Waals surface area contributed by atoms with Crippen molar-refractivity contribution in [1.29, 1.82) is 0 Å². The summed E-state index contributed by atoms with van der Waals surface area (Å²) in [5, 5.41) is 1.20. The second-order valence-electron chi connectivity index (χ2n) is 3.09. The van der Waals surface area contributed by atoms with Gasteiger partial charge in [0.25, 0.3) is 0 Å². The zero-order valence-electron chi connectivity index (χ0n) is 7.53. The summed E-state index contributed by atoms with van der Waals surface area (Å²) < 4.78 is 2.07. The van der Waals surface area contributed by atoms with Crippen molar-refractivity contribution in [2.75, 3.05) is 0 Å². The van der Waals surface area contributed by atoms with E-state index in [9.17, 15) is 0 Å². The van der Waals surface area contributed by atoms with Crippen LogP contribution in [0.5, 0.6) is 0 Å². The lowest BCUT2D eigenvalue weighted by Gasteiger charge is -1.94. The van der Waals surface area contributed by atoms with Gasteiger partial charge in [-0.05, 0) is 6.07 Å². The van der Waals surface area contributed by atoms with Gasteiger partial charge in [0.15, 0.2) is 0 Å². The van der Waals surface area contributed by atoms with Crippen LogP contribution in [0, 0.1) is 0 Å². The number of fused-ring (bicyclic) bond motifs is 1. The van der Waals surface area contributed by atoms with Crippen molar-refractivity contribution in [3.63, 3.8) is 0 Å². The molecule has 13 heavy (non-hydrogen) atoms. The molecule has 0 unspecified atom stereocenters. The fraction of sp³-hybridized carbons (Fsp3) is 0.200. The van der Waals surface area contributed by atoms with Crippen LogP contribution in [0.15, 0.2) is 30.5 Å². The molecule has 0 aliphatic carbocycles. The Bertz CT molecular complexity index is 420. The van der Waals surface area contributed by atoms with Crippen molar-refractivity contribution in [1.82, 2.24) is 4.57 Å². The highest BCUT2D eigenvalue weighted by atomic mass is 16.6. The van der Waals surface area contributed by atoms with E-state index < -0.39 is 0 Å². The first kappa shape index (κ1) is 8.29. The van der Waals surface area contributed by atoms with Crippen LogP contribution in [0.2, 0.25) is 0 Å². The lowest BCUT2D eigenvalue weighted by molar-refractivity contribution is 0.125. The first-order valence-corrected chi connectivity index (χ1v) is 4.17. The van der Waals surface area contributed by atoms with E-state index in [1.54, 1.807) is 0 Å². The predicted molar refractivity (Wildman–Crippen MR) is 51.9 cm³/mol. The Labute approximate surface area is 76.7 Å². The van der Waals surface area contributed by atoms with Crippen molar-refractivity contribution in [2.24, 2.45) is 12.9 Å². The second-order valence-corrected chi connectivity index (χ2v) is 3.09. The van der Waals surface area contributed by atoms with Gasteiger partial charge in [-0.1, -0.05) is 18.2 Å². The number of aromatic nitrogens is 1. The van der Waals surface area contributed by atoms with Crippen LogP contribution < -0.4 is 5.90 Å². The van der Waals surface area contributed by atoms with Crippen molar-refractivity contribution >= 4 is 10.9 Å². The van der Waals surface area contributed by atoms with Gasteiger partial charge in [0.1, 0.15) is 0 Å². The van der Waals surface area contributed by atoms with Crippen LogP contribution in [0.4, 0.5) is 0 Å². The first-order valence-electron chi connectivity index (χ1n) is 4.17. The number of nitrogens with two attached hydrogens (primary N) is 1. The molecule has 0 aliphatic rings. The van der Waals surface area contributed by atoms with E-state index in [4.69, 9.17) is 5.90 Å². The molecule has 0 aliphatic heterocycles. The van der Waals surface area contributed by atoms with Crippen molar-refractivity contribution in [3.8, 4) is 0 Å². The highest BCUT2D eigenvalue weighted by Gasteiger charge is 2.04. The number of aryl methyl sites for hydroxylation is 1. The SMILES string of the molecule is Cn1cc(CON)c2ccccc21. The van der Waals surface area contributed by atoms with Crippen LogP contribution in [0.1, 0.15) is 5.56 Å². The molecular formula is C10H12N2O. The third-order valence-electron chi connectivity index (χ3n) is 2.22. The molecule has 2 N–H and O–H groups in total. The molecule has 0 atom stereocenters. The van der Waals surface area contributed by atoms with E-state index >= 15 is 0 Å². The summed E-state index contributed by atoms with van der Waals surface area (Å²) in [7, 11) is 2.02. The normalized spacial score (nSPS) is 10.9. The summed E-state index contributed by atoms with van der Waals surface area (Å²) in [6.07, 6.45) is 2.04. The van der Waals surface area contributed by atoms with Gasteiger partial charge < -0.3 is 4.57 Å². The summed E-state index contributed by atoms with van der Waals surface area (Å²) in [6, 6.07) is 8.19. The Balaban J connectivity index is 2.63. The Morgan fingerprint density at radius 2 is 2.15 bits per heavy atom. The first-order chi connectivity index (χ1) is 6.33. The highest BCUT2D eigenvalue weighted by molar-refractivity contribution is 5.83. The van der Waals surface area contributed by atoms with Gasteiger partial charge in [0.2, 0.25) is 0 Å². The maximum absolute atomic E-state index is 5.05. The lowest BCUT2D eigenvalue weighted by Crippen LogP contribution is -1.97. The third-order valence-corrected chi connectivity index (χ3v) is 2.22. The van der Waals surface area contributed by atoms with E-state index in [0.717, 1.165) is 5.56 Å². The van der Waals surface area contributed by atoms with E-state index in [0.29, 0.717) is 6.61 Å². The van der Waals surface area contributed by atoms with Crippen molar-refractivity contribution in [3.05, 3.63) is 36.0 Å². The van der Waals surface area contributed by atoms with Gasteiger partial charge in [-0.3, -0.25) is 4.84 Å². The smallest absolute Gasteiger partial charge is 0.0950 e. The average molecular weight is 176 g/mol. The lowest BCUT2D eigenvalue weighted by atomic mass is 10.2. The van der Waals surface area contributed by atoms with Crippen LogP contribution >= 0.6 is 0 Å². The summed E-state index contributed by atoms with van der Waals surface area (Å²) in [5.74, 6) is 5.05. The van der Waals surface area contributed by atoms with E-state index in [1.807, 2.05) is 25.4 Å². The molecule has 0 amide bonds. The Hall–Kier alpha value is -1.32. The minimum atomic E-state index is 0.460. The van der Waals surface area contributed by atoms with Gasteiger partial charge in [-0.15, -0.1) is 0 Å². The molecule has 0 radical (unpaired) electrons. The van der Waals surface area contributed by atoms with E-state index in [2.05, 4.69) is 21.5 Å². The maximum Gasteiger partial charge on any atom is 0.0950 e. The molecule has 1 heterocycles. The number of hydrogen-bond donors (Lipinski definition) is 1. The predicted octanol–water partition coefficient (Wildman–Crippen LogP) is 1.57. The molecule has 68 valence electrons. The molecular weight excluding hydrogens is 164 g/mol. The van der Waals surface area contributed by atoms with Crippen molar-refractivity contribution < 1.29 is 4.84 Å². The molecule has 0 fully saturated rings. The molecule has 2 aromatic rings. The fourth-order valence-electron chi connectivity index (χ4n) is 1.63. The molecule has 1 aromatic carbocycles. The summed E-state index contributed by atoms with van der Waals surface area (Å²) >= 11 is 0. The summed E-state index contributed by atoms with van der Waals surface area (Å²) in [6.45, 7) is 0.460. The molecule has 0 spiro atoms. The molecule has 1 aromatic heterocycles. The topological polar surface area (TPSA) is 40.2 Å². The summed E-state index contributed by atoms with van der Waals surface area (Å²) in [4.78, 5) is 4.64. The monoisotopic (exact) mass is 176 g/mol. The van der Waals surface area contributed by atoms with Gasteiger partial charge in [-0.2, -0.15) is 0 Å². The standard InChI is InChI=1S/C10H12N2O/c1-12-6-8(7-13-11)9-4-2-3-5-10(9)12/h2-6H,7,11H2,1H3. The average Bonchev–Trinajstić information content (AvgIpc) is 2.46. The highest BCUT2D eigenvalue weighted by Crippen LogP contribution is 2.20. The molecule has 2 rings (SSSR count). The Kier molecular flexibility index (Phi) is 2.04. The van der Waals surface area contributed by atoms with Crippen LogP contribution in [-0.2, 0) is 18.5 Å². The van der Waals surface area contributed by atoms with Gasteiger partial charge in [0.05, 0.1) is 6.61 Å².